The van der Waals surface area contributed by atoms with E-state index in [4.69, 9.17) is 5.73 Å². The summed E-state index contributed by atoms with van der Waals surface area (Å²) in [7, 11) is 0. The minimum Gasteiger partial charge on any atom is -0.387 e. The fourth-order valence-corrected chi connectivity index (χ4v) is 8.65. The Hall–Kier alpha value is -5.21. The molecular weight excluding hydrogens is 771 g/mol. The van der Waals surface area contributed by atoms with Crippen molar-refractivity contribution in [3.63, 3.8) is 0 Å². The number of imide groups is 1. The van der Waals surface area contributed by atoms with Crippen molar-refractivity contribution >= 4 is 29.5 Å². The molecule has 1 saturated heterocycles. The Morgan fingerprint density at radius 2 is 1.77 bits per heavy atom. The molecule has 5 atom stereocenters. The molecule has 2 aromatic carbocycles. The molecule has 5 amide bonds. The number of nitrogens with zero attached hydrogens (tertiary/aromatic N) is 3. The maximum Gasteiger partial charge on any atom is 0.248 e. The van der Waals surface area contributed by atoms with Crippen LogP contribution in [0.1, 0.15) is 90.4 Å². The lowest BCUT2D eigenvalue weighted by atomic mass is 9.75. The van der Waals surface area contributed by atoms with E-state index < -0.39 is 58.9 Å². The van der Waals surface area contributed by atoms with Crippen molar-refractivity contribution in [1.29, 1.82) is 0 Å². The SMILES string of the molecule is C=CCC(C)(C)C1CC(=O)N(CCNC(=O)[C@H]2CC[C@H](NC(=O)[C@@H](N)CCN(C(=O)CO)[C@@H](c3cc(-c4cc(F)ccc4F)cn3Cc3ccccc3)C(C)(C)C)C2)C1=O. The third kappa shape index (κ3) is 10.9. The number of nitrogens with one attached hydrogen (secondary N) is 2. The molecule has 60 heavy (non-hydrogen) atoms. The lowest BCUT2D eigenvalue weighted by Gasteiger charge is -2.41. The van der Waals surface area contributed by atoms with Gasteiger partial charge in [0, 0.05) is 67.6 Å². The summed E-state index contributed by atoms with van der Waals surface area (Å²) in [6.07, 6.45) is 5.72. The summed E-state index contributed by atoms with van der Waals surface area (Å²) in [4.78, 5) is 68.5. The molecule has 5 rings (SSSR count). The molecule has 2 aliphatic rings. The van der Waals surface area contributed by atoms with E-state index in [1.807, 2.05) is 69.5 Å². The van der Waals surface area contributed by atoms with Gasteiger partial charge >= 0.3 is 0 Å². The highest BCUT2D eigenvalue weighted by Gasteiger charge is 2.46. The van der Waals surface area contributed by atoms with Crippen LogP contribution in [0.5, 0.6) is 0 Å². The maximum atomic E-state index is 15.1. The predicted octanol–water partition coefficient (Wildman–Crippen LogP) is 5.49. The number of aliphatic hydroxyl groups is 1. The molecule has 3 aromatic rings. The van der Waals surface area contributed by atoms with E-state index in [0.717, 1.165) is 23.8 Å². The zero-order valence-corrected chi connectivity index (χ0v) is 35.4. The van der Waals surface area contributed by atoms with Gasteiger partial charge in [-0.25, -0.2) is 8.78 Å². The molecule has 2 fully saturated rings. The van der Waals surface area contributed by atoms with E-state index in [9.17, 15) is 33.5 Å². The lowest BCUT2D eigenvalue weighted by molar-refractivity contribution is -0.141. The summed E-state index contributed by atoms with van der Waals surface area (Å²) >= 11 is 0. The molecule has 1 aliphatic heterocycles. The molecular formula is C46H60F2N6O6. The lowest BCUT2D eigenvalue weighted by Crippen LogP contribution is -2.49. The normalized spacial score (nSPS) is 19.3. The first-order valence-corrected chi connectivity index (χ1v) is 20.7. The second-order valence-electron chi connectivity index (χ2n) is 17.9. The highest BCUT2D eigenvalue weighted by molar-refractivity contribution is 6.04. The summed E-state index contributed by atoms with van der Waals surface area (Å²) < 4.78 is 31.4. The van der Waals surface area contributed by atoms with Gasteiger partial charge in [-0.15, -0.1) is 6.58 Å². The van der Waals surface area contributed by atoms with E-state index in [-0.39, 0.29) is 67.7 Å². The van der Waals surface area contributed by atoms with Crippen LogP contribution in [0, 0.1) is 34.3 Å². The van der Waals surface area contributed by atoms with Crippen molar-refractivity contribution < 1.29 is 37.9 Å². The van der Waals surface area contributed by atoms with Gasteiger partial charge in [-0.2, -0.15) is 0 Å². The Labute approximate surface area is 351 Å². The maximum absolute atomic E-state index is 15.1. The van der Waals surface area contributed by atoms with Crippen LogP contribution in [0.15, 0.2) is 73.4 Å². The minimum absolute atomic E-state index is 0.000311. The summed E-state index contributed by atoms with van der Waals surface area (Å²) in [6.45, 7) is 13.2. The third-order valence-electron chi connectivity index (χ3n) is 11.9. The number of allylic oxidation sites excluding steroid dienone is 1. The molecule has 14 heteroatoms. The predicted molar refractivity (Wildman–Crippen MR) is 225 cm³/mol. The van der Waals surface area contributed by atoms with Gasteiger partial charge in [-0.05, 0) is 72.8 Å². The average Bonchev–Trinajstić information content (AvgIpc) is 3.91. The molecule has 1 unspecified atom stereocenters. The monoisotopic (exact) mass is 830 g/mol. The van der Waals surface area contributed by atoms with Gasteiger partial charge in [0.2, 0.25) is 29.5 Å². The van der Waals surface area contributed by atoms with Crippen molar-refractivity contribution in [2.45, 2.75) is 97.8 Å². The smallest absolute Gasteiger partial charge is 0.248 e. The first kappa shape index (κ1) is 45.9. The average molecular weight is 831 g/mol. The number of carbonyl (C=O) groups is 5. The molecule has 0 spiro atoms. The molecule has 1 aliphatic carbocycles. The van der Waals surface area contributed by atoms with Gasteiger partial charge in [-0.1, -0.05) is 71.0 Å². The Morgan fingerprint density at radius 3 is 2.43 bits per heavy atom. The minimum atomic E-state index is -1.03. The van der Waals surface area contributed by atoms with Crippen molar-refractivity contribution in [2.24, 2.45) is 28.4 Å². The second kappa shape index (κ2) is 19.4. The molecule has 2 heterocycles. The Bertz CT molecular complexity index is 2050. The van der Waals surface area contributed by atoms with Gasteiger partial charge in [0.15, 0.2) is 0 Å². The van der Waals surface area contributed by atoms with Crippen LogP contribution < -0.4 is 16.4 Å². The Morgan fingerprint density at radius 1 is 1.05 bits per heavy atom. The fourth-order valence-electron chi connectivity index (χ4n) is 8.65. The molecule has 0 radical (unpaired) electrons. The van der Waals surface area contributed by atoms with Crippen LogP contribution in [0.25, 0.3) is 11.1 Å². The number of hydrogen-bond donors (Lipinski definition) is 4. The van der Waals surface area contributed by atoms with Crippen LogP contribution in [-0.4, -0.2) is 87.3 Å². The summed E-state index contributed by atoms with van der Waals surface area (Å²) in [5.74, 6) is -3.75. The van der Waals surface area contributed by atoms with Crippen molar-refractivity contribution in [3.8, 4) is 11.1 Å². The Balaban J connectivity index is 1.22. The molecule has 12 nitrogen and oxygen atoms in total. The second-order valence-corrected chi connectivity index (χ2v) is 17.9. The number of amides is 5. The van der Waals surface area contributed by atoms with Crippen molar-refractivity contribution in [1.82, 2.24) is 25.0 Å². The Kier molecular flexibility index (Phi) is 14.9. The van der Waals surface area contributed by atoms with Crippen LogP contribution in [-0.2, 0) is 30.5 Å². The molecule has 5 N–H and O–H groups in total. The fraction of sp³-hybridized carbons (Fsp3) is 0.500. The number of aliphatic hydroxyl groups excluding tert-OH is 1. The summed E-state index contributed by atoms with van der Waals surface area (Å²) in [6, 6.07) is 12.5. The number of carbonyl (C=O) groups excluding carboxylic acids is 5. The number of halogens is 2. The summed E-state index contributed by atoms with van der Waals surface area (Å²) in [5.41, 5.74) is 7.42. The van der Waals surface area contributed by atoms with Crippen molar-refractivity contribution in [2.75, 3.05) is 26.2 Å². The van der Waals surface area contributed by atoms with Gasteiger partial charge in [0.25, 0.3) is 0 Å². The van der Waals surface area contributed by atoms with Crippen LogP contribution >= 0.6 is 0 Å². The number of benzene rings is 2. The highest BCUT2D eigenvalue weighted by atomic mass is 19.1. The first-order chi connectivity index (χ1) is 28.3. The van der Waals surface area contributed by atoms with Crippen LogP contribution in [0.2, 0.25) is 0 Å². The van der Waals surface area contributed by atoms with Gasteiger partial charge in [0.1, 0.15) is 18.2 Å². The van der Waals surface area contributed by atoms with E-state index in [1.165, 1.54) is 9.80 Å². The number of likely N-dealkylation sites (tertiary alicyclic amines) is 1. The largest absolute Gasteiger partial charge is 0.387 e. The molecule has 0 bridgehead atoms. The number of hydrogen-bond acceptors (Lipinski definition) is 7. The zero-order valence-electron chi connectivity index (χ0n) is 35.4. The first-order valence-electron chi connectivity index (χ1n) is 20.7. The molecule has 1 aromatic heterocycles. The van der Waals surface area contributed by atoms with E-state index >= 15 is 4.39 Å². The summed E-state index contributed by atoms with van der Waals surface area (Å²) in [5, 5.41) is 16.0. The number of aromatic nitrogens is 1. The van der Waals surface area contributed by atoms with Crippen molar-refractivity contribution in [3.05, 3.63) is 96.3 Å². The van der Waals surface area contributed by atoms with Gasteiger partial charge < -0.3 is 30.9 Å². The van der Waals surface area contributed by atoms with E-state index in [2.05, 4.69) is 17.2 Å². The quantitative estimate of drug-likeness (QED) is 0.0973. The van der Waals surface area contributed by atoms with Crippen LogP contribution in [0.4, 0.5) is 8.78 Å². The van der Waals surface area contributed by atoms with E-state index in [0.29, 0.717) is 43.5 Å². The van der Waals surface area contributed by atoms with Crippen LogP contribution in [0.3, 0.4) is 0 Å². The van der Waals surface area contributed by atoms with Gasteiger partial charge in [-0.3, -0.25) is 28.9 Å². The number of nitrogens with two attached hydrogens (primary N) is 1. The van der Waals surface area contributed by atoms with Gasteiger partial charge in [0.05, 0.1) is 18.0 Å². The third-order valence-corrected chi connectivity index (χ3v) is 11.9. The topological polar surface area (TPSA) is 167 Å². The molecule has 1 saturated carbocycles. The number of rotatable bonds is 18. The standard InChI is InChI=1S/C46H60F2N6O6/c1-7-18-46(5,6)35-25-39(56)54(44(35)60)21-19-50-42(58)30-13-15-33(22-30)51-43(59)37(49)17-20-53(40(57)28-55)41(45(2,3)4)38-23-31(34-24-32(47)14-16-36(34)48)27-52(38)26-29-11-9-8-10-12-29/h7-12,14,16,23-24,27,30,33,35,37,41,55H,1,13,15,17-22,25-26,28,49H2,2-6H3,(H,50,58)(H,51,59)/t30-,33-,35?,37-,41-/m0/s1. The highest BCUT2D eigenvalue weighted by Crippen LogP contribution is 2.42. The molecule has 324 valence electrons. The van der Waals surface area contributed by atoms with E-state index in [1.54, 1.807) is 18.3 Å². The zero-order chi connectivity index (χ0) is 43.9.